The van der Waals surface area contributed by atoms with E-state index in [2.05, 4.69) is 20.9 Å². The molecule has 1 atom stereocenters. The lowest BCUT2D eigenvalue weighted by molar-refractivity contribution is -0.901. The molecule has 0 amide bonds. The van der Waals surface area contributed by atoms with Crippen molar-refractivity contribution in [2.45, 2.75) is 19.9 Å². The van der Waals surface area contributed by atoms with E-state index in [9.17, 15) is 4.79 Å². The average Bonchev–Trinajstić information content (AvgIpc) is 2.52. The molecule has 0 heterocycles. The van der Waals surface area contributed by atoms with Crippen molar-refractivity contribution < 1.29 is 28.6 Å². The Hall–Kier alpha value is -1.95. The van der Waals surface area contributed by atoms with Crippen LogP contribution in [0.2, 0.25) is 0 Å². The van der Waals surface area contributed by atoms with Gasteiger partial charge in [0.05, 0.1) is 40.0 Å². The molecule has 0 aliphatic rings. The lowest BCUT2D eigenvalue weighted by Gasteiger charge is -2.18. The summed E-state index contributed by atoms with van der Waals surface area (Å²) in [5.74, 6) is 0.902. The van der Waals surface area contributed by atoms with E-state index in [0.29, 0.717) is 35.5 Å². The summed E-state index contributed by atoms with van der Waals surface area (Å²) in [6.07, 6.45) is 0. The largest absolute Gasteiger partial charge is 0.493 e. The highest BCUT2D eigenvalue weighted by Crippen LogP contribution is 2.38. The molecule has 6 nitrogen and oxygen atoms in total. The topological polar surface area (TPSA) is 58.4 Å². The van der Waals surface area contributed by atoms with Gasteiger partial charge in [0, 0.05) is 0 Å². The molecule has 1 N–H and O–H groups in total. The number of benzene rings is 1. The molecule has 124 valence electrons. The van der Waals surface area contributed by atoms with Crippen LogP contribution in [0.4, 0.5) is 0 Å². The third-order valence-corrected chi connectivity index (χ3v) is 3.62. The summed E-state index contributed by atoms with van der Waals surface area (Å²) in [6, 6.07) is 3.66. The van der Waals surface area contributed by atoms with Gasteiger partial charge in [0.2, 0.25) is 5.75 Å². The van der Waals surface area contributed by atoms with Crippen LogP contribution < -0.4 is 19.1 Å². The van der Waals surface area contributed by atoms with Crippen molar-refractivity contribution in [1.82, 2.24) is 0 Å². The molecule has 0 saturated carbocycles. The zero-order chi connectivity index (χ0) is 16.7. The summed E-state index contributed by atoms with van der Waals surface area (Å²) in [7, 11) is 6.60. The first-order valence-electron chi connectivity index (χ1n) is 7.24. The maximum atomic E-state index is 12.1. The van der Waals surface area contributed by atoms with E-state index in [1.165, 1.54) is 26.2 Å². The van der Waals surface area contributed by atoms with Gasteiger partial charge < -0.3 is 23.8 Å². The Bertz CT molecular complexity index is 476. The molecule has 1 aromatic rings. The summed E-state index contributed by atoms with van der Waals surface area (Å²) in [5.41, 5.74) is 0.372. The highest BCUT2D eigenvalue weighted by Gasteiger charge is 2.18. The van der Waals surface area contributed by atoms with Crippen LogP contribution in [-0.4, -0.2) is 53.5 Å². The maximum Gasteiger partial charge on any atom is 0.338 e. The lowest BCUT2D eigenvalue weighted by atomic mass is 10.2. The molecule has 0 aliphatic heterocycles. The molecule has 6 heteroatoms. The Morgan fingerprint density at radius 3 is 2.05 bits per heavy atom. The van der Waals surface area contributed by atoms with E-state index in [-0.39, 0.29) is 0 Å². The summed E-state index contributed by atoms with van der Waals surface area (Å²) < 4.78 is 21.0. The van der Waals surface area contributed by atoms with Crippen molar-refractivity contribution in [3.8, 4) is 17.2 Å². The maximum absolute atomic E-state index is 12.1. The zero-order valence-corrected chi connectivity index (χ0v) is 14.2. The summed E-state index contributed by atoms with van der Waals surface area (Å²) in [6.45, 7) is 5.36. The van der Waals surface area contributed by atoms with Crippen LogP contribution in [0, 0.1) is 0 Å². The highest BCUT2D eigenvalue weighted by molar-refractivity contribution is 5.91. The summed E-state index contributed by atoms with van der Waals surface area (Å²) in [4.78, 5) is 13.5. The van der Waals surface area contributed by atoms with Gasteiger partial charge in [-0.1, -0.05) is 0 Å². The molecule has 0 radical (unpaired) electrons. The first kappa shape index (κ1) is 18.1. The predicted molar refractivity (Wildman–Crippen MR) is 83.3 cm³/mol. The number of hydrogen-bond acceptors (Lipinski definition) is 5. The molecule has 1 rings (SSSR count). The quantitative estimate of drug-likeness (QED) is 0.719. The third-order valence-electron chi connectivity index (χ3n) is 3.62. The van der Waals surface area contributed by atoms with Gasteiger partial charge in [-0.15, -0.1) is 0 Å². The molecule has 22 heavy (non-hydrogen) atoms. The first-order chi connectivity index (χ1) is 10.4. The molecule has 1 unspecified atom stereocenters. The van der Waals surface area contributed by atoms with Gasteiger partial charge in [-0.3, -0.25) is 0 Å². The molecular weight excluding hydrogens is 286 g/mol. The molecular formula is C16H26NO5+. The Morgan fingerprint density at radius 1 is 1.09 bits per heavy atom. The van der Waals surface area contributed by atoms with E-state index in [1.807, 2.05) is 0 Å². The van der Waals surface area contributed by atoms with Crippen LogP contribution in [0.3, 0.4) is 0 Å². The second-order valence-corrected chi connectivity index (χ2v) is 5.30. The normalized spacial score (nSPS) is 12.0. The minimum Gasteiger partial charge on any atom is -0.493 e. The Kier molecular flexibility index (Phi) is 6.98. The number of esters is 1. The molecule has 0 bridgehead atoms. The van der Waals surface area contributed by atoms with Crippen LogP contribution in [0.1, 0.15) is 24.2 Å². The lowest BCUT2D eigenvalue weighted by Crippen LogP contribution is -3.12. The molecule has 0 fully saturated rings. The molecule has 1 aromatic carbocycles. The van der Waals surface area contributed by atoms with Crippen LogP contribution in [-0.2, 0) is 4.74 Å². The number of nitrogens with one attached hydrogen (secondary N) is 1. The van der Waals surface area contributed by atoms with Gasteiger partial charge in [-0.2, -0.15) is 0 Å². The van der Waals surface area contributed by atoms with Gasteiger partial charge in [0.1, 0.15) is 13.2 Å². The zero-order valence-electron chi connectivity index (χ0n) is 14.2. The number of likely N-dealkylation sites (N-methyl/N-ethyl adjacent to an activating group) is 1. The minimum atomic E-state index is -0.407. The Morgan fingerprint density at radius 2 is 1.64 bits per heavy atom. The van der Waals surface area contributed by atoms with Crippen LogP contribution in [0.5, 0.6) is 17.2 Å². The second kappa shape index (κ2) is 8.48. The van der Waals surface area contributed by atoms with Gasteiger partial charge in [0.25, 0.3) is 0 Å². The molecule has 0 saturated heterocycles. The number of ether oxygens (including phenoxy) is 4. The predicted octanol–water partition coefficient (Wildman–Crippen LogP) is 0.792. The molecule has 0 aliphatic carbocycles. The van der Waals surface area contributed by atoms with E-state index >= 15 is 0 Å². The van der Waals surface area contributed by atoms with Gasteiger partial charge in [0.15, 0.2) is 11.5 Å². The van der Waals surface area contributed by atoms with Crippen molar-refractivity contribution in [3.05, 3.63) is 17.7 Å². The fraction of sp³-hybridized carbons (Fsp3) is 0.562. The smallest absolute Gasteiger partial charge is 0.338 e. The van der Waals surface area contributed by atoms with Crippen LogP contribution in [0.25, 0.3) is 0 Å². The van der Waals surface area contributed by atoms with Gasteiger partial charge >= 0.3 is 5.97 Å². The molecule has 0 aromatic heterocycles. The van der Waals surface area contributed by atoms with E-state index in [4.69, 9.17) is 18.9 Å². The number of quaternary nitrogens is 1. The first-order valence-corrected chi connectivity index (χ1v) is 7.24. The minimum absolute atomic E-state index is 0.361. The third kappa shape index (κ3) is 4.53. The second-order valence-electron chi connectivity index (χ2n) is 5.30. The van der Waals surface area contributed by atoms with Gasteiger partial charge in [-0.25, -0.2) is 4.79 Å². The van der Waals surface area contributed by atoms with Crippen molar-refractivity contribution in [1.29, 1.82) is 0 Å². The van der Waals surface area contributed by atoms with E-state index in [0.717, 1.165) is 6.54 Å². The number of hydrogen-bond donors (Lipinski definition) is 1. The Labute approximate surface area is 131 Å². The summed E-state index contributed by atoms with van der Waals surface area (Å²) >= 11 is 0. The number of carbonyl (C=O) groups is 1. The fourth-order valence-electron chi connectivity index (χ4n) is 1.88. The van der Waals surface area contributed by atoms with Crippen molar-refractivity contribution in [2.24, 2.45) is 0 Å². The standard InChI is InChI=1S/C16H25NO5/c1-11(2)17(3)7-8-22-16(18)12-9-13(19-4)15(21-6)14(10-12)20-5/h9-11H,7-8H2,1-6H3/p+1. The summed E-state index contributed by atoms with van der Waals surface area (Å²) in [5, 5.41) is 0. The number of rotatable bonds is 8. The van der Waals surface area contributed by atoms with Crippen LogP contribution in [0.15, 0.2) is 12.1 Å². The van der Waals surface area contributed by atoms with Crippen LogP contribution >= 0.6 is 0 Å². The SMILES string of the molecule is COc1cc(C(=O)OCC[NH+](C)C(C)C)cc(OC)c1OC. The Balaban J connectivity index is 2.81. The van der Waals surface area contributed by atoms with Crippen molar-refractivity contribution in [3.63, 3.8) is 0 Å². The van der Waals surface area contributed by atoms with Gasteiger partial charge in [-0.05, 0) is 26.0 Å². The van der Waals surface area contributed by atoms with E-state index in [1.54, 1.807) is 12.1 Å². The fourth-order valence-corrected chi connectivity index (χ4v) is 1.88. The number of carbonyl (C=O) groups excluding carboxylic acids is 1. The van der Waals surface area contributed by atoms with E-state index < -0.39 is 5.97 Å². The number of methoxy groups -OCH3 is 3. The average molecular weight is 312 g/mol. The van der Waals surface area contributed by atoms with Crippen molar-refractivity contribution >= 4 is 5.97 Å². The highest BCUT2D eigenvalue weighted by atomic mass is 16.5. The monoisotopic (exact) mass is 312 g/mol. The van der Waals surface area contributed by atoms with Crippen molar-refractivity contribution in [2.75, 3.05) is 41.5 Å². The molecule has 0 spiro atoms.